The third-order valence-electron chi connectivity index (χ3n) is 7.64. The van der Waals surface area contributed by atoms with Gasteiger partial charge in [0.25, 0.3) is 0 Å². The summed E-state index contributed by atoms with van der Waals surface area (Å²) in [5.41, 5.74) is 0.148. The number of alkyl halides is 3. The number of urea groups is 1. The van der Waals surface area contributed by atoms with Crippen molar-refractivity contribution in [2.45, 2.75) is 64.2 Å². The molecule has 3 aromatic rings. The molecule has 1 aliphatic rings. The molecule has 0 bridgehead atoms. The second-order valence-corrected chi connectivity index (χ2v) is 12.1. The average Bonchev–Trinajstić information content (AvgIpc) is 3.42. The van der Waals surface area contributed by atoms with Crippen molar-refractivity contribution in [1.29, 1.82) is 0 Å². The molecule has 2 aromatic carbocycles. The van der Waals surface area contributed by atoms with Crippen LogP contribution in [0.2, 0.25) is 0 Å². The monoisotopic (exact) mass is 617 g/mol. The number of carbonyl (C=O) groups is 2. The first kappa shape index (κ1) is 32.2. The van der Waals surface area contributed by atoms with Gasteiger partial charge in [0.2, 0.25) is 5.91 Å². The molecule has 43 heavy (non-hydrogen) atoms. The van der Waals surface area contributed by atoms with Gasteiger partial charge >= 0.3 is 12.2 Å². The fourth-order valence-corrected chi connectivity index (χ4v) is 6.23. The Bertz CT molecular complexity index is 1390. The van der Waals surface area contributed by atoms with Crippen molar-refractivity contribution in [2.24, 2.45) is 0 Å². The zero-order valence-electron chi connectivity index (χ0n) is 24.7. The summed E-state index contributed by atoms with van der Waals surface area (Å²) in [4.78, 5) is 32.9. The molecule has 1 aliphatic carbocycles. The van der Waals surface area contributed by atoms with Gasteiger partial charge in [-0.25, -0.2) is 4.79 Å². The van der Waals surface area contributed by atoms with Crippen LogP contribution in [0, 0.1) is 6.92 Å². The lowest BCUT2D eigenvalue weighted by Gasteiger charge is -2.35. The van der Waals surface area contributed by atoms with Gasteiger partial charge in [-0.3, -0.25) is 4.79 Å². The van der Waals surface area contributed by atoms with Crippen LogP contribution in [-0.4, -0.2) is 55.1 Å². The van der Waals surface area contributed by atoms with Gasteiger partial charge in [-0.05, 0) is 74.2 Å². The fourth-order valence-electron chi connectivity index (χ4n) is 5.32. The van der Waals surface area contributed by atoms with E-state index < -0.39 is 17.8 Å². The summed E-state index contributed by atoms with van der Waals surface area (Å²) in [5.74, 6) is 0.987. The minimum atomic E-state index is -4.53. The zero-order chi connectivity index (χ0) is 31.0. The van der Waals surface area contributed by atoms with Gasteiger partial charge in [0, 0.05) is 28.0 Å². The van der Waals surface area contributed by atoms with Gasteiger partial charge in [0.05, 0.1) is 26.3 Å². The Balaban J connectivity index is 1.54. The van der Waals surface area contributed by atoms with E-state index in [0.29, 0.717) is 31.0 Å². The van der Waals surface area contributed by atoms with E-state index in [1.165, 1.54) is 17.0 Å². The fraction of sp³-hybridized carbons (Fsp3) is 0.438. The van der Waals surface area contributed by atoms with Crippen LogP contribution in [0.3, 0.4) is 0 Å². The molecule has 0 radical (unpaired) electrons. The highest BCUT2D eigenvalue weighted by Gasteiger charge is 2.32. The molecule has 1 heterocycles. The molecule has 11 heteroatoms. The van der Waals surface area contributed by atoms with Crippen LogP contribution in [0.15, 0.2) is 54.6 Å². The number of nitrogens with one attached hydrogen (secondary N) is 1. The van der Waals surface area contributed by atoms with Crippen molar-refractivity contribution in [2.75, 3.05) is 32.6 Å². The SMILES string of the molecule is COc1ccc(CCN(Cc2ccc(C)s2)C(=O)CN(C(=O)Nc2cccc(C(F)(F)F)c2)C2CCCCC2)cc1OC. The van der Waals surface area contributed by atoms with Crippen molar-refractivity contribution in [1.82, 2.24) is 9.80 Å². The van der Waals surface area contributed by atoms with Gasteiger partial charge in [-0.2, -0.15) is 13.2 Å². The molecular weight excluding hydrogens is 579 g/mol. The maximum atomic E-state index is 13.9. The minimum absolute atomic E-state index is 0.0347. The molecule has 4 rings (SSSR count). The Morgan fingerprint density at radius 2 is 1.72 bits per heavy atom. The number of amides is 3. The second kappa shape index (κ2) is 14.6. The molecule has 0 spiro atoms. The van der Waals surface area contributed by atoms with E-state index in [-0.39, 0.29) is 24.2 Å². The van der Waals surface area contributed by atoms with E-state index in [2.05, 4.69) is 5.32 Å². The lowest BCUT2D eigenvalue weighted by Crippen LogP contribution is -2.49. The van der Waals surface area contributed by atoms with Crippen molar-refractivity contribution in [3.05, 3.63) is 75.5 Å². The highest BCUT2D eigenvalue weighted by molar-refractivity contribution is 7.11. The predicted octanol–water partition coefficient (Wildman–Crippen LogP) is 7.53. The first-order chi connectivity index (χ1) is 20.6. The van der Waals surface area contributed by atoms with Crippen LogP contribution in [0.5, 0.6) is 11.5 Å². The molecule has 1 saturated carbocycles. The minimum Gasteiger partial charge on any atom is -0.493 e. The zero-order valence-corrected chi connectivity index (χ0v) is 25.5. The van der Waals surface area contributed by atoms with E-state index in [1.807, 2.05) is 37.3 Å². The van der Waals surface area contributed by atoms with E-state index in [0.717, 1.165) is 59.6 Å². The Hall–Kier alpha value is -3.73. The molecule has 0 atom stereocenters. The van der Waals surface area contributed by atoms with Crippen LogP contribution in [0.25, 0.3) is 0 Å². The molecule has 3 amide bonds. The molecule has 1 N–H and O–H groups in total. The summed E-state index contributed by atoms with van der Waals surface area (Å²) in [6, 6.07) is 13.4. The number of hydrogen-bond donors (Lipinski definition) is 1. The third kappa shape index (κ3) is 8.89. The highest BCUT2D eigenvalue weighted by Crippen LogP contribution is 2.31. The predicted molar refractivity (Wildman–Crippen MR) is 162 cm³/mol. The first-order valence-electron chi connectivity index (χ1n) is 14.4. The topological polar surface area (TPSA) is 71.1 Å². The van der Waals surface area contributed by atoms with Gasteiger partial charge in [-0.15, -0.1) is 11.3 Å². The highest BCUT2D eigenvalue weighted by atomic mass is 32.1. The number of benzene rings is 2. The van der Waals surface area contributed by atoms with E-state index in [4.69, 9.17) is 9.47 Å². The summed E-state index contributed by atoms with van der Waals surface area (Å²) < 4.78 is 50.6. The van der Waals surface area contributed by atoms with Gasteiger partial charge in [0.15, 0.2) is 11.5 Å². The third-order valence-corrected chi connectivity index (χ3v) is 8.62. The van der Waals surface area contributed by atoms with Crippen LogP contribution >= 0.6 is 11.3 Å². The molecule has 0 aliphatic heterocycles. The molecule has 1 aromatic heterocycles. The second-order valence-electron chi connectivity index (χ2n) is 10.7. The van der Waals surface area contributed by atoms with Gasteiger partial charge < -0.3 is 24.6 Å². The normalized spacial score (nSPS) is 13.8. The first-order valence-corrected chi connectivity index (χ1v) is 15.2. The standard InChI is InChI=1S/C32H38F3N3O4S/c1-22-12-14-27(43-22)20-37(17-16-23-13-15-28(41-2)29(18-23)42-3)30(39)21-38(26-10-5-4-6-11-26)31(40)36-25-9-7-8-24(19-25)32(33,34)35/h7-9,12-15,18-19,26H,4-6,10-11,16-17,20-21H2,1-3H3,(H,36,40). The number of halogens is 3. The number of rotatable bonds is 11. The van der Waals surface area contributed by atoms with Crippen molar-refractivity contribution in [3.63, 3.8) is 0 Å². The van der Waals surface area contributed by atoms with Crippen molar-refractivity contribution in [3.8, 4) is 11.5 Å². The number of nitrogens with zero attached hydrogens (tertiary/aromatic N) is 2. The maximum Gasteiger partial charge on any atom is 0.416 e. The van der Waals surface area contributed by atoms with Crippen molar-refractivity contribution >= 4 is 29.0 Å². The average molecular weight is 618 g/mol. The maximum absolute atomic E-state index is 13.9. The van der Waals surface area contributed by atoms with Gasteiger partial charge in [0.1, 0.15) is 6.54 Å². The Kier molecular flexibility index (Phi) is 11.0. The number of hydrogen-bond acceptors (Lipinski definition) is 5. The Morgan fingerprint density at radius 3 is 2.37 bits per heavy atom. The number of ether oxygens (including phenoxy) is 2. The lowest BCUT2D eigenvalue weighted by molar-refractivity contribution is -0.137. The van der Waals surface area contributed by atoms with Crippen LogP contribution in [0.4, 0.5) is 23.7 Å². The Morgan fingerprint density at radius 1 is 0.977 bits per heavy atom. The molecule has 0 unspecified atom stereocenters. The van der Waals surface area contributed by atoms with E-state index in [1.54, 1.807) is 30.5 Å². The summed E-state index contributed by atoms with van der Waals surface area (Å²) in [6.45, 7) is 2.62. The number of carbonyl (C=O) groups excluding carboxylic acids is 2. The van der Waals surface area contributed by atoms with Crippen molar-refractivity contribution < 1.29 is 32.2 Å². The molecule has 232 valence electrons. The summed E-state index contributed by atoms with van der Waals surface area (Å²) >= 11 is 1.61. The van der Waals surface area contributed by atoms with Crippen LogP contribution < -0.4 is 14.8 Å². The Labute approximate surface area is 254 Å². The summed E-state index contributed by atoms with van der Waals surface area (Å²) in [7, 11) is 3.14. The number of aryl methyl sites for hydroxylation is 1. The smallest absolute Gasteiger partial charge is 0.416 e. The van der Waals surface area contributed by atoms with Gasteiger partial charge in [-0.1, -0.05) is 31.4 Å². The van der Waals surface area contributed by atoms with E-state index in [9.17, 15) is 22.8 Å². The summed E-state index contributed by atoms with van der Waals surface area (Å²) in [6.07, 6.45) is 0.374. The summed E-state index contributed by atoms with van der Waals surface area (Å²) in [5, 5.41) is 2.62. The number of thiophene rings is 1. The number of methoxy groups -OCH3 is 2. The van der Waals surface area contributed by atoms with Crippen LogP contribution in [0.1, 0.15) is 53.0 Å². The molecule has 7 nitrogen and oxygen atoms in total. The lowest BCUT2D eigenvalue weighted by atomic mass is 9.94. The molecule has 0 saturated heterocycles. The van der Waals surface area contributed by atoms with Crippen LogP contribution in [-0.2, 0) is 23.9 Å². The largest absolute Gasteiger partial charge is 0.493 e. The quantitative estimate of drug-likeness (QED) is 0.242. The number of anilines is 1. The van der Waals surface area contributed by atoms with E-state index >= 15 is 0 Å². The molecule has 1 fully saturated rings. The molecular formula is C32H38F3N3O4S.